The highest BCUT2D eigenvalue weighted by atomic mass is 32.2. The fourth-order valence-electron chi connectivity index (χ4n) is 3.39. The molecule has 0 unspecified atom stereocenters. The van der Waals surface area contributed by atoms with Crippen molar-refractivity contribution in [2.24, 2.45) is 5.10 Å². The molecule has 0 fully saturated rings. The number of H-pyrrole nitrogens is 1. The molecule has 1 aromatic carbocycles. The number of aromatic nitrogens is 2. The Morgan fingerprint density at radius 3 is 3.07 bits per heavy atom. The van der Waals surface area contributed by atoms with E-state index < -0.39 is 0 Å². The molecule has 1 amide bonds. The largest absolute Gasteiger partial charge is 0.497 e. The van der Waals surface area contributed by atoms with E-state index in [9.17, 15) is 4.79 Å². The molecule has 1 atom stereocenters. The van der Waals surface area contributed by atoms with Gasteiger partial charge >= 0.3 is 0 Å². The first-order valence-corrected chi connectivity index (χ1v) is 11.2. The Kier molecular flexibility index (Phi) is 5.06. The summed E-state index contributed by atoms with van der Waals surface area (Å²) in [6.45, 7) is 0. The molecule has 9 heteroatoms. The molecule has 30 heavy (non-hydrogen) atoms. The van der Waals surface area contributed by atoms with Crippen LogP contribution in [0.5, 0.6) is 5.75 Å². The van der Waals surface area contributed by atoms with Crippen LogP contribution in [0.2, 0.25) is 0 Å². The van der Waals surface area contributed by atoms with Crippen molar-refractivity contribution in [2.45, 2.75) is 17.6 Å². The number of hydrogen-bond acceptors (Lipinski definition) is 7. The molecule has 5 rings (SSSR count). The van der Waals surface area contributed by atoms with Crippen molar-refractivity contribution in [3.63, 3.8) is 0 Å². The summed E-state index contributed by atoms with van der Waals surface area (Å²) in [5, 5.41) is 8.89. The van der Waals surface area contributed by atoms with Crippen LogP contribution in [0, 0.1) is 0 Å². The molecule has 152 valence electrons. The molecular formula is C21H18N4O3S2. The summed E-state index contributed by atoms with van der Waals surface area (Å²) in [5.74, 6) is 1.62. The van der Waals surface area contributed by atoms with Crippen molar-refractivity contribution < 1.29 is 13.9 Å². The Bertz CT molecular complexity index is 1200. The second kappa shape index (κ2) is 8.00. The number of benzene rings is 1. The summed E-state index contributed by atoms with van der Waals surface area (Å²) in [6, 6.07) is 13.3. The van der Waals surface area contributed by atoms with E-state index in [4.69, 9.17) is 9.15 Å². The van der Waals surface area contributed by atoms with Gasteiger partial charge in [0.15, 0.2) is 5.16 Å². The Labute approximate surface area is 180 Å². The van der Waals surface area contributed by atoms with Crippen molar-refractivity contribution in [3.05, 3.63) is 64.7 Å². The highest BCUT2D eigenvalue weighted by Gasteiger charge is 2.34. The number of hydrazone groups is 1. The molecule has 7 nitrogen and oxygen atoms in total. The summed E-state index contributed by atoms with van der Waals surface area (Å²) in [6.07, 6.45) is 2.25. The zero-order valence-corrected chi connectivity index (χ0v) is 17.7. The molecule has 1 N–H and O–H groups in total. The van der Waals surface area contributed by atoms with Crippen molar-refractivity contribution in [2.75, 3.05) is 12.9 Å². The predicted octanol–water partition coefficient (Wildman–Crippen LogP) is 4.70. The van der Waals surface area contributed by atoms with Gasteiger partial charge in [-0.25, -0.2) is 9.99 Å². The van der Waals surface area contributed by atoms with Gasteiger partial charge in [-0.15, -0.1) is 11.3 Å². The van der Waals surface area contributed by atoms with Gasteiger partial charge in [0.25, 0.3) is 5.91 Å². The van der Waals surface area contributed by atoms with Crippen molar-refractivity contribution in [1.82, 2.24) is 15.0 Å². The summed E-state index contributed by atoms with van der Waals surface area (Å²) >= 11 is 2.99. The number of hydrogen-bond donors (Lipinski definition) is 1. The Hall–Kier alpha value is -3.04. The van der Waals surface area contributed by atoms with E-state index in [1.165, 1.54) is 11.8 Å². The molecule has 1 aliphatic rings. The number of fused-ring (bicyclic) bond motifs is 1. The second-order valence-electron chi connectivity index (χ2n) is 6.71. The average Bonchev–Trinajstić information content (AvgIpc) is 3.55. The van der Waals surface area contributed by atoms with Gasteiger partial charge in [0.2, 0.25) is 0 Å². The van der Waals surface area contributed by atoms with E-state index in [-0.39, 0.29) is 17.7 Å². The molecule has 4 aromatic rings. The van der Waals surface area contributed by atoms with Gasteiger partial charge in [-0.2, -0.15) is 5.10 Å². The van der Waals surface area contributed by atoms with E-state index in [0.29, 0.717) is 17.3 Å². The molecule has 0 saturated heterocycles. The third-order valence-electron chi connectivity index (χ3n) is 4.84. The minimum atomic E-state index is -0.113. The number of carbonyl (C=O) groups is 1. The van der Waals surface area contributed by atoms with Gasteiger partial charge in [-0.1, -0.05) is 17.8 Å². The lowest BCUT2D eigenvalue weighted by Gasteiger charge is -2.20. The van der Waals surface area contributed by atoms with Crippen LogP contribution in [-0.2, 0) is 4.79 Å². The first-order valence-electron chi connectivity index (χ1n) is 9.34. The smallest absolute Gasteiger partial charge is 0.253 e. The van der Waals surface area contributed by atoms with E-state index in [2.05, 4.69) is 15.1 Å². The van der Waals surface area contributed by atoms with Crippen LogP contribution in [0.1, 0.15) is 23.1 Å². The maximum absolute atomic E-state index is 13.1. The second-order valence-corrected chi connectivity index (χ2v) is 8.65. The molecule has 3 aromatic heterocycles. The van der Waals surface area contributed by atoms with E-state index >= 15 is 0 Å². The molecule has 0 aliphatic carbocycles. The lowest BCUT2D eigenvalue weighted by molar-refractivity contribution is -0.130. The minimum Gasteiger partial charge on any atom is -0.497 e. The van der Waals surface area contributed by atoms with Gasteiger partial charge in [-0.3, -0.25) is 4.79 Å². The normalized spacial score (nSPS) is 16.2. The van der Waals surface area contributed by atoms with Crippen LogP contribution in [0.3, 0.4) is 0 Å². The molecule has 0 saturated carbocycles. The van der Waals surface area contributed by atoms with E-state index in [1.54, 1.807) is 29.7 Å². The van der Waals surface area contributed by atoms with Crippen LogP contribution in [-0.4, -0.2) is 39.5 Å². The SMILES string of the molecule is COc1ccc2nc(SCC(=O)N3N=C(c4ccco4)C[C@H]3c3cccs3)[nH]c2c1. The first kappa shape index (κ1) is 19.0. The van der Waals surface area contributed by atoms with Gasteiger partial charge in [0.05, 0.1) is 36.2 Å². The maximum atomic E-state index is 13.1. The quantitative estimate of drug-likeness (QED) is 0.441. The number of carbonyl (C=O) groups excluding carboxylic acids is 1. The maximum Gasteiger partial charge on any atom is 0.253 e. The number of nitrogens with one attached hydrogen (secondary N) is 1. The lowest BCUT2D eigenvalue weighted by Crippen LogP contribution is -2.28. The number of thioether (sulfide) groups is 1. The summed E-state index contributed by atoms with van der Waals surface area (Å²) in [5.41, 5.74) is 2.49. The van der Waals surface area contributed by atoms with Gasteiger partial charge in [0.1, 0.15) is 17.2 Å². The highest BCUT2D eigenvalue weighted by molar-refractivity contribution is 7.99. The van der Waals surface area contributed by atoms with Crippen LogP contribution in [0.4, 0.5) is 0 Å². The number of furan rings is 1. The van der Waals surface area contributed by atoms with Gasteiger partial charge < -0.3 is 14.1 Å². The first-order chi connectivity index (χ1) is 14.7. The lowest BCUT2D eigenvalue weighted by atomic mass is 10.1. The summed E-state index contributed by atoms with van der Waals surface area (Å²) < 4.78 is 10.7. The van der Waals surface area contributed by atoms with E-state index in [1.807, 2.05) is 47.8 Å². The fourth-order valence-corrected chi connectivity index (χ4v) is 4.94. The Morgan fingerprint density at radius 1 is 1.37 bits per heavy atom. The molecule has 1 aliphatic heterocycles. The van der Waals surface area contributed by atoms with Crippen molar-refractivity contribution in [3.8, 4) is 5.75 Å². The van der Waals surface area contributed by atoms with Crippen LogP contribution in [0.15, 0.2) is 68.8 Å². The molecule has 0 spiro atoms. The average molecular weight is 439 g/mol. The summed E-state index contributed by atoms with van der Waals surface area (Å²) in [4.78, 5) is 22.0. The summed E-state index contributed by atoms with van der Waals surface area (Å²) in [7, 11) is 1.63. The number of nitrogens with zero attached hydrogens (tertiary/aromatic N) is 3. The third kappa shape index (κ3) is 3.61. The zero-order chi connectivity index (χ0) is 20.5. The topological polar surface area (TPSA) is 83.7 Å². The number of ether oxygens (including phenoxy) is 1. The third-order valence-corrected chi connectivity index (χ3v) is 6.67. The fraction of sp³-hybridized carbons (Fsp3) is 0.190. The van der Waals surface area contributed by atoms with Crippen LogP contribution >= 0.6 is 23.1 Å². The standard InChI is InChI=1S/C21H18N4O3S2/c1-27-13-6-7-14-15(10-13)23-21(22-14)30-12-20(26)25-17(19-5-3-9-29-19)11-16(24-25)18-4-2-8-28-18/h2-10,17H,11-12H2,1H3,(H,22,23)/t17-/m0/s1. The molecule has 0 bridgehead atoms. The molecule has 0 radical (unpaired) electrons. The molecular weight excluding hydrogens is 420 g/mol. The molecule has 4 heterocycles. The number of methoxy groups -OCH3 is 1. The Balaban J connectivity index is 1.34. The monoisotopic (exact) mass is 438 g/mol. The van der Waals surface area contributed by atoms with Crippen molar-refractivity contribution in [1.29, 1.82) is 0 Å². The number of thiophene rings is 1. The van der Waals surface area contributed by atoms with Crippen molar-refractivity contribution >= 4 is 45.8 Å². The minimum absolute atomic E-state index is 0.0713. The Morgan fingerprint density at radius 2 is 2.30 bits per heavy atom. The zero-order valence-electron chi connectivity index (χ0n) is 16.1. The number of aromatic amines is 1. The highest BCUT2D eigenvalue weighted by Crippen LogP contribution is 2.36. The van der Waals surface area contributed by atoms with Gasteiger partial charge in [0, 0.05) is 17.4 Å². The number of amides is 1. The van der Waals surface area contributed by atoms with E-state index in [0.717, 1.165) is 27.4 Å². The number of rotatable bonds is 6. The van der Waals surface area contributed by atoms with Crippen LogP contribution in [0.25, 0.3) is 11.0 Å². The predicted molar refractivity (Wildman–Crippen MR) is 117 cm³/mol. The number of imidazole rings is 1. The van der Waals surface area contributed by atoms with Crippen LogP contribution < -0.4 is 4.74 Å². The van der Waals surface area contributed by atoms with Gasteiger partial charge in [-0.05, 0) is 35.7 Å².